The topological polar surface area (TPSA) is 3.24 Å². The molecule has 134 valence electrons. The molecule has 0 amide bonds. The van der Waals surface area contributed by atoms with Gasteiger partial charge in [0.1, 0.15) is 0 Å². The Morgan fingerprint density at radius 3 is 2.44 bits per heavy atom. The highest BCUT2D eigenvalue weighted by Gasteiger charge is 2.22. The molecule has 1 aliphatic heterocycles. The van der Waals surface area contributed by atoms with Crippen molar-refractivity contribution in [3.63, 3.8) is 0 Å². The summed E-state index contributed by atoms with van der Waals surface area (Å²) in [6.45, 7) is 2.13. The molecule has 1 heterocycles. The molecule has 0 saturated carbocycles. The summed E-state index contributed by atoms with van der Waals surface area (Å²) >= 11 is 8.06. The maximum Gasteiger partial charge on any atom is 0.0797 e. The quantitative estimate of drug-likeness (QED) is 0.658. The third-order valence-electron chi connectivity index (χ3n) is 4.08. The van der Waals surface area contributed by atoms with Gasteiger partial charge in [0.25, 0.3) is 0 Å². The van der Waals surface area contributed by atoms with Crippen molar-refractivity contribution in [1.82, 2.24) is 0 Å². The van der Waals surface area contributed by atoms with Crippen LogP contribution in [0.2, 0.25) is 5.02 Å². The molecule has 0 saturated heterocycles. The summed E-state index contributed by atoms with van der Waals surface area (Å²) in [5.74, 6) is 0. The van der Waals surface area contributed by atoms with Crippen LogP contribution in [0.15, 0.2) is 58.8 Å². The fraction of sp³-hybridized carbons (Fsp3) is 0.300. The second kappa shape index (κ2) is 8.63. The Morgan fingerprint density at radius 1 is 1.04 bits per heavy atom. The molecule has 0 unspecified atom stereocenters. The highest BCUT2D eigenvalue weighted by molar-refractivity contribution is 8.02. The molecule has 1 aliphatic rings. The molecule has 0 radical (unpaired) electrons. The predicted molar refractivity (Wildman–Crippen MR) is 107 cm³/mol. The lowest BCUT2D eigenvalue weighted by molar-refractivity contribution is -0.870. The Morgan fingerprint density at radius 2 is 1.76 bits per heavy atom. The summed E-state index contributed by atoms with van der Waals surface area (Å²) in [6.07, 6.45) is 1.13. The summed E-state index contributed by atoms with van der Waals surface area (Å²) in [6, 6.07) is 16.8. The van der Waals surface area contributed by atoms with Crippen LogP contribution in [-0.4, -0.2) is 38.7 Å². The molecule has 0 aromatic heterocycles. The number of halogens is 2. The van der Waals surface area contributed by atoms with Crippen molar-refractivity contribution in [3.05, 3.63) is 64.5 Å². The lowest BCUT2D eigenvalue weighted by Gasteiger charge is -2.33. The number of anilines is 1. The summed E-state index contributed by atoms with van der Waals surface area (Å²) < 4.78 is 0.982. The van der Waals surface area contributed by atoms with E-state index in [9.17, 15) is 0 Å². The standard InChI is InChI=1S/C20H24ClN2S.BrH/c1-23(2,3)13-7-12-22-18-14-17(21)10-11-20(18)24-15-19(22)16-8-5-4-6-9-16;/h4-6,8-11,14-15H,7,12-13H2,1-3H3;1H/q+1;/p-1. The van der Waals surface area contributed by atoms with Crippen molar-refractivity contribution in [2.75, 3.05) is 39.1 Å². The van der Waals surface area contributed by atoms with Crippen LogP contribution in [0.5, 0.6) is 0 Å². The van der Waals surface area contributed by atoms with E-state index in [0.29, 0.717) is 0 Å². The van der Waals surface area contributed by atoms with E-state index in [2.05, 4.69) is 73.9 Å². The number of quaternary nitrogens is 1. The highest BCUT2D eigenvalue weighted by Crippen LogP contribution is 2.43. The van der Waals surface area contributed by atoms with Crippen molar-refractivity contribution >= 4 is 34.7 Å². The first-order valence-electron chi connectivity index (χ1n) is 8.24. The van der Waals surface area contributed by atoms with Gasteiger partial charge in [-0.1, -0.05) is 53.7 Å². The van der Waals surface area contributed by atoms with Gasteiger partial charge in [-0.2, -0.15) is 0 Å². The van der Waals surface area contributed by atoms with Gasteiger partial charge in [0, 0.05) is 28.3 Å². The molecule has 0 spiro atoms. The number of hydrogen-bond acceptors (Lipinski definition) is 2. The Labute approximate surface area is 170 Å². The number of nitrogens with zero attached hydrogens (tertiary/aromatic N) is 2. The van der Waals surface area contributed by atoms with Gasteiger partial charge >= 0.3 is 0 Å². The molecule has 25 heavy (non-hydrogen) atoms. The van der Waals surface area contributed by atoms with Gasteiger partial charge in [0.2, 0.25) is 0 Å². The van der Waals surface area contributed by atoms with E-state index in [1.54, 1.807) is 11.8 Å². The van der Waals surface area contributed by atoms with Crippen LogP contribution in [0.3, 0.4) is 0 Å². The third kappa shape index (κ3) is 5.27. The summed E-state index contributed by atoms with van der Waals surface area (Å²) in [7, 11) is 6.72. The smallest absolute Gasteiger partial charge is 0.0797 e. The van der Waals surface area contributed by atoms with Crippen molar-refractivity contribution in [2.45, 2.75) is 11.3 Å². The molecule has 0 atom stereocenters. The fourth-order valence-corrected chi connectivity index (χ4v) is 4.00. The van der Waals surface area contributed by atoms with Crippen molar-refractivity contribution in [2.24, 2.45) is 0 Å². The van der Waals surface area contributed by atoms with E-state index in [4.69, 9.17) is 11.6 Å². The van der Waals surface area contributed by atoms with Gasteiger partial charge in [-0.3, -0.25) is 0 Å². The molecule has 0 aliphatic carbocycles. The lowest BCUT2D eigenvalue weighted by atomic mass is 10.1. The van der Waals surface area contributed by atoms with Gasteiger partial charge in [-0.05, 0) is 23.8 Å². The zero-order valence-corrected chi connectivity index (χ0v) is 18.0. The third-order valence-corrected chi connectivity index (χ3v) is 5.26. The van der Waals surface area contributed by atoms with Crippen molar-refractivity contribution in [1.29, 1.82) is 0 Å². The fourth-order valence-electron chi connectivity index (χ4n) is 2.89. The van der Waals surface area contributed by atoms with E-state index in [1.807, 2.05) is 6.07 Å². The number of thioether (sulfide) groups is 1. The van der Waals surface area contributed by atoms with E-state index in [1.165, 1.54) is 21.8 Å². The number of hydrogen-bond donors (Lipinski definition) is 0. The monoisotopic (exact) mass is 438 g/mol. The van der Waals surface area contributed by atoms with E-state index < -0.39 is 0 Å². The van der Waals surface area contributed by atoms with E-state index in [0.717, 1.165) is 29.0 Å². The molecule has 2 nitrogen and oxygen atoms in total. The van der Waals surface area contributed by atoms with Crippen molar-refractivity contribution in [3.8, 4) is 0 Å². The highest BCUT2D eigenvalue weighted by atomic mass is 79.9. The zero-order chi connectivity index (χ0) is 17.2. The van der Waals surface area contributed by atoms with E-state index >= 15 is 0 Å². The molecular formula is C20H24BrClN2S. The average molecular weight is 440 g/mol. The molecule has 5 heteroatoms. The molecular weight excluding hydrogens is 416 g/mol. The van der Waals surface area contributed by atoms with Crippen LogP contribution >= 0.6 is 23.4 Å². The first-order valence-corrected chi connectivity index (χ1v) is 9.50. The minimum Gasteiger partial charge on any atom is -1.00 e. The lowest BCUT2D eigenvalue weighted by Crippen LogP contribution is -3.00. The zero-order valence-electron chi connectivity index (χ0n) is 14.9. The summed E-state index contributed by atoms with van der Waals surface area (Å²) in [4.78, 5) is 3.69. The van der Waals surface area contributed by atoms with Crippen LogP contribution in [-0.2, 0) is 0 Å². The normalized spacial score (nSPS) is 13.8. The SMILES string of the molecule is C[N+](C)(C)CCCN1C(c2ccccc2)=CSc2ccc(Cl)cc21.[Br-]. The Bertz CT molecular complexity index is 741. The minimum absolute atomic E-state index is 0. The van der Waals surface area contributed by atoms with Crippen LogP contribution in [0.1, 0.15) is 12.0 Å². The van der Waals surface area contributed by atoms with Crippen LogP contribution < -0.4 is 21.9 Å². The number of benzene rings is 2. The van der Waals surface area contributed by atoms with Gasteiger partial charge in [0.05, 0.1) is 39.1 Å². The molecule has 0 bridgehead atoms. The first-order chi connectivity index (χ1) is 11.4. The van der Waals surface area contributed by atoms with Gasteiger partial charge in [-0.25, -0.2) is 0 Å². The largest absolute Gasteiger partial charge is 1.00 e. The minimum atomic E-state index is 0. The van der Waals surface area contributed by atoms with Crippen molar-refractivity contribution < 1.29 is 21.5 Å². The number of fused-ring (bicyclic) bond motifs is 1. The second-order valence-electron chi connectivity index (χ2n) is 7.12. The van der Waals surface area contributed by atoms with Gasteiger partial charge < -0.3 is 26.4 Å². The van der Waals surface area contributed by atoms with Crippen LogP contribution in [0.4, 0.5) is 5.69 Å². The Kier molecular flexibility index (Phi) is 7.03. The second-order valence-corrected chi connectivity index (χ2v) is 8.47. The van der Waals surface area contributed by atoms with Gasteiger partial charge in [-0.15, -0.1) is 0 Å². The van der Waals surface area contributed by atoms with E-state index in [-0.39, 0.29) is 17.0 Å². The average Bonchev–Trinajstić information content (AvgIpc) is 2.55. The molecule has 3 rings (SSSR count). The van der Waals surface area contributed by atoms with Gasteiger partial charge in [0.15, 0.2) is 0 Å². The van der Waals surface area contributed by atoms with Crippen LogP contribution in [0, 0.1) is 0 Å². The Balaban J connectivity index is 0.00000225. The molecule has 2 aromatic rings. The Hall–Kier alpha value is -0.940. The maximum absolute atomic E-state index is 6.28. The first kappa shape index (κ1) is 20.4. The van der Waals surface area contributed by atoms with Crippen LogP contribution in [0.25, 0.3) is 5.70 Å². The number of rotatable bonds is 5. The summed E-state index contributed by atoms with van der Waals surface area (Å²) in [5, 5.41) is 3.05. The molecule has 2 aromatic carbocycles. The molecule has 0 fully saturated rings. The molecule has 0 N–H and O–H groups in total. The predicted octanol–water partition coefficient (Wildman–Crippen LogP) is 2.35. The maximum atomic E-state index is 6.28. The summed E-state index contributed by atoms with van der Waals surface area (Å²) in [5.41, 5.74) is 3.73.